The predicted octanol–water partition coefficient (Wildman–Crippen LogP) is 1.01. The molecule has 0 aromatic heterocycles. The van der Waals surface area contributed by atoms with Crippen molar-refractivity contribution in [1.29, 1.82) is 5.26 Å². The molecular formula is C7H11N2. The Balaban J connectivity index is 2.34. The molecule has 49 valence electrons. The number of hydrogen-bond acceptors (Lipinski definition) is 2. The average Bonchev–Trinajstić information content (AvgIpc) is 1.88. The van der Waals surface area contributed by atoms with Crippen molar-refractivity contribution in [1.82, 2.24) is 4.90 Å². The van der Waals surface area contributed by atoms with E-state index in [0.29, 0.717) is 0 Å². The zero-order valence-electron chi connectivity index (χ0n) is 5.67. The van der Waals surface area contributed by atoms with E-state index < -0.39 is 0 Å². The highest BCUT2D eigenvalue weighted by Crippen LogP contribution is 2.16. The summed E-state index contributed by atoms with van der Waals surface area (Å²) < 4.78 is 0. The normalized spacial score (nSPS) is 29.6. The lowest BCUT2D eigenvalue weighted by Gasteiger charge is -2.24. The van der Waals surface area contributed by atoms with Crippen molar-refractivity contribution in [2.45, 2.75) is 12.8 Å². The summed E-state index contributed by atoms with van der Waals surface area (Å²) in [6, 6.07) is 2.24. The van der Waals surface area contributed by atoms with Crippen LogP contribution in [-0.4, -0.2) is 18.5 Å². The first-order valence-corrected chi connectivity index (χ1v) is 3.28. The van der Waals surface area contributed by atoms with Gasteiger partial charge in [-0.15, -0.1) is 0 Å². The third-order valence-corrected chi connectivity index (χ3v) is 1.63. The average molecular weight is 123 g/mol. The summed E-state index contributed by atoms with van der Waals surface area (Å²) in [6.45, 7) is 3.11. The molecule has 1 unspecified atom stereocenters. The number of likely N-dealkylation sites (tertiary alicyclic amines) is 1. The lowest BCUT2D eigenvalue weighted by atomic mass is 10.0. The summed E-state index contributed by atoms with van der Waals surface area (Å²) >= 11 is 0. The fourth-order valence-corrected chi connectivity index (χ4v) is 1.11. The SMILES string of the molecule is CN1[CH]C(C#N)CCC1. The summed E-state index contributed by atoms with van der Waals surface area (Å²) in [5.41, 5.74) is 0. The van der Waals surface area contributed by atoms with Gasteiger partial charge in [0, 0.05) is 6.54 Å². The van der Waals surface area contributed by atoms with Crippen molar-refractivity contribution in [2.75, 3.05) is 13.6 Å². The fourth-order valence-electron chi connectivity index (χ4n) is 1.11. The number of piperidine rings is 1. The van der Waals surface area contributed by atoms with Crippen molar-refractivity contribution in [2.24, 2.45) is 5.92 Å². The zero-order valence-corrected chi connectivity index (χ0v) is 5.67. The van der Waals surface area contributed by atoms with Gasteiger partial charge in [-0.05, 0) is 26.4 Å². The van der Waals surface area contributed by atoms with Crippen LogP contribution in [0.4, 0.5) is 0 Å². The van der Waals surface area contributed by atoms with Gasteiger partial charge in [0.15, 0.2) is 0 Å². The minimum Gasteiger partial charge on any atom is -0.300 e. The van der Waals surface area contributed by atoms with Crippen LogP contribution in [0.1, 0.15) is 12.8 Å². The van der Waals surface area contributed by atoms with Gasteiger partial charge in [-0.25, -0.2) is 0 Å². The van der Waals surface area contributed by atoms with E-state index in [1.165, 1.54) is 0 Å². The Morgan fingerprint density at radius 1 is 1.78 bits per heavy atom. The molecule has 2 nitrogen and oxygen atoms in total. The first-order chi connectivity index (χ1) is 4.33. The van der Waals surface area contributed by atoms with Gasteiger partial charge in [-0.3, -0.25) is 0 Å². The standard InChI is InChI=1S/C7H11N2/c1-9-4-2-3-7(5-8)6-9/h6-7H,2-4H2,1H3. The summed E-state index contributed by atoms with van der Waals surface area (Å²) in [6.07, 6.45) is 2.20. The molecule has 1 radical (unpaired) electrons. The van der Waals surface area contributed by atoms with Crippen LogP contribution < -0.4 is 0 Å². The van der Waals surface area contributed by atoms with E-state index >= 15 is 0 Å². The molecule has 0 spiro atoms. The maximum absolute atomic E-state index is 8.50. The first kappa shape index (κ1) is 6.57. The number of hydrogen-bond donors (Lipinski definition) is 0. The first-order valence-electron chi connectivity index (χ1n) is 3.28. The third kappa shape index (κ3) is 1.69. The molecular weight excluding hydrogens is 112 g/mol. The Morgan fingerprint density at radius 2 is 2.56 bits per heavy atom. The van der Waals surface area contributed by atoms with Crippen LogP contribution >= 0.6 is 0 Å². The molecule has 1 aliphatic rings. The highest BCUT2D eigenvalue weighted by atomic mass is 15.1. The highest BCUT2D eigenvalue weighted by Gasteiger charge is 2.15. The molecule has 0 aromatic rings. The predicted molar refractivity (Wildman–Crippen MR) is 35.3 cm³/mol. The minimum atomic E-state index is 0.170. The van der Waals surface area contributed by atoms with E-state index in [1.54, 1.807) is 0 Å². The summed E-state index contributed by atoms with van der Waals surface area (Å²) in [4.78, 5) is 2.09. The van der Waals surface area contributed by atoms with Gasteiger partial charge in [0.05, 0.1) is 12.0 Å². The molecule has 0 saturated carbocycles. The van der Waals surface area contributed by atoms with Gasteiger partial charge in [-0.2, -0.15) is 5.26 Å². The van der Waals surface area contributed by atoms with Crippen LogP contribution in [0.2, 0.25) is 0 Å². The lowest BCUT2D eigenvalue weighted by Crippen LogP contribution is -2.26. The Morgan fingerprint density at radius 3 is 3.00 bits per heavy atom. The quantitative estimate of drug-likeness (QED) is 0.480. The molecule has 0 N–H and O–H groups in total. The van der Waals surface area contributed by atoms with Gasteiger partial charge in [0.2, 0.25) is 0 Å². The second kappa shape index (κ2) is 2.84. The molecule has 1 heterocycles. The van der Waals surface area contributed by atoms with E-state index in [9.17, 15) is 0 Å². The topological polar surface area (TPSA) is 27.0 Å². The van der Waals surface area contributed by atoms with E-state index in [0.717, 1.165) is 19.4 Å². The van der Waals surface area contributed by atoms with E-state index in [1.807, 2.05) is 13.6 Å². The van der Waals surface area contributed by atoms with Crippen molar-refractivity contribution in [3.8, 4) is 6.07 Å². The van der Waals surface area contributed by atoms with Crippen molar-refractivity contribution < 1.29 is 0 Å². The van der Waals surface area contributed by atoms with Gasteiger partial charge >= 0.3 is 0 Å². The van der Waals surface area contributed by atoms with Crippen molar-refractivity contribution in [3.63, 3.8) is 0 Å². The smallest absolute Gasteiger partial charge is 0.0672 e. The molecule has 1 saturated heterocycles. The zero-order chi connectivity index (χ0) is 6.69. The Kier molecular flexibility index (Phi) is 2.07. The molecule has 9 heavy (non-hydrogen) atoms. The van der Waals surface area contributed by atoms with Gasteiger partial charge in [0.25, 0.3) is 0 Å². The van der Waals surface area contributed by atoms with E-state index in [4.69, 9.17) is 5.26 Å². The molecule has 0 bridgehead atoms. The van der Waals surface area contributed by atoms with Crippen LogP contribution in [0.15, 0.2) is 0 Å². The largest absolute Gasteiger partial charge is 0.300 e. The molecule has 1 aliphatic heterocycles. The molecule has 1 fully saturated rings. The van der Waals surface area contributed by atoms with E-state index in [2.05, 4.69) is 11.0 Å². The van der Waals surface area contributed by atoms with Gasteiger partial charge < -0.3 is 4.90 Å². The van der Waals surface area contributed by atoms with Gasteiger partial charge in [0.1, 0.15) is 0 Å². The third-order valence-electron chi connectivity index (χ3n) is 1.63. The van der Waals surface area contributed by atoms with Crippen LogP contribution in [0.25, 0.3) is 0 Å². The second-order valence-electron chi connectivity index (χ2n) is 2.51. The molecule has 0 aromatic carbocycles. The van der Waals surface area contributed by atoms with Crippen molar-refractivity contribution in [3.05, 3.63) is 6.54 Å². The summed E-state index contributed by atoms with van der Waals surface area (Å²) in [5.74, 6) is 0.170. The summed E-state index contributed by atoms with van der Waals surface area (Å²) in [7, 11) is 2.02. The van der Waals surface area contributed by atoms with Crippen LogP contribution in [0, 0.1) is 23.8 Å². The minimum absolute atomic E-state index is 0.170. The Labute approximate surface area is 56.1 Å². The fraction of sp³-hybridized carbons (Fsp3) is 0.714. The molecule has 1 atom stereocenters. The van der Waals surface area contributed by atoms with Crippen molar-refractivity contribution >= 4 is 0 Å². The van der Waals surface area contributed by atoms with E-state index in [-0.39, 0.29) is 5.92 Å². The molecule has 0 aliphatic carbocycles. The highest BCUT2D eigenvalue weighted by molar-refractivity contribution is 4.94. The second-order valence-corrected chi connectivity index (χ2v) is 2.51. The number of nitriles is 1. The molecule has 1 rings (SSSR count). The Hall–Kier alpha value is -0.550. The molecule has 0 amide bonds. The monoisotopic (exact) mass is 123 g/mol. The number of nitrogens with zero attached hydrogens (tertiary/aromatic N) is 2. The summed E-state index contributed by atoms with van der Waals surface area (Å²) in [5, 5.41) is 8.50. The Bertz CT molecular complexity index is 125. The lowest BCUT2D eigenvalue weighted by molar-refractivity contribution is 0.302. The maximum Gasteiger partial charge on any atom is 0.0672 e. The van der Waals surface area contributed by atoms with Gasteiger partial charge in [-0.1, -0.05) is 0 Å². The van der Waals surface area contributed by atoms with Crippen LogP contribution in [-0.2, 0) is 0 Å². The number of rotatable bonds is 0. The maximum atomic E-state index is 8.50. The van der Waals surface area contributed by atoms with Crippen LogP contribution in [0.5, 0.6) is 0 Å². The molecule has 2 heteroatoms. The van der Waals surface area contributed by atoms with Crippen LogP contribution in [0.3, 0.4) is 0 Å².